The summed E-state index contributed by atoms with van der Waals surface area (Å²) in [5, 5.41) is 0.400. The lowest BCUT2D eigenvalue weighted by molar-refractivity contribution is 0.274. The Balaban J connectivity index is 1.60. The van der Waals surface area contributed by atoms with Crippen molar-refractivity contribution in [3.05, 3.63) is 53.3 Å². The molecule has 10 heteroatoms. The third kappa shape index (κ3) is 4.55. The predicted molar refractivity (Wildman–Crippen MR) is 107 cm³/mol. The Labute approximate surface area is 170 Å². The lowest BCUT2D eigenvalue weighted by atomic mass is 9.99. The summed E-state index contributed by atoms with van der Waals surface area (Å²) in [6.07, 6.45) is 4.02. The van der Waals surface area contributed by atoms with Crippen LogP contribution in [0.3, 0.4) is 0 Å². The second kappa shape index (κ2) is 8.46. The molecule has 1 N–H and O–H groups in total. The number of sulfonamides is 2. The summed E-state index contributed by atoms with van der Waals surface area (Å²) in [7, 11) is -7.24. The Kier molecular flexibility index (Phi) is 6.41. The van der Waals surface area contributed by atoms with Crippen LogP contribution in [0.25, 0.3) is 0 Å². The quantitative estimate of drug-likeness (QED) is 0.739. The fraction of sp³-hybridized carbons (Fsp3) is 0.389. The molecular weight excluding hydrogens is 422 g/mol. The van der Waals surface area contributed by atoms with E-state index >= 15 is 0 Å². The maximum absolute atomic E-state index is 12.6. The zero-order chi connectivity index (χ0) is 20.4. The molecular formula is C18H22ClN3O4S2. The molecule has 1 aliphatic rings. The van der Waals surface area contributed by atoms with E-state index in [1.165, 1.54) is 28.8 Å². The van der Waals surface area contributed by atoms with Gasteiger partial charge in [0.2, 0.25) is 20.0 Å². The van der Waals surface area contributed by atoms with E-state index in [0.29, 0.717) is 36.5 Å². The van der Waals surface area contributed by atoms with Crippen LogP contribution in [-0.2, 0) is 20.0 Å². The van der Waals surface area contributed by atoms with Gasteiger partial charge in [-0.05, 0) is 55.5 Å². The average Bonchev–Trinajstić information content (AvgIpc) is 2.69. The van der Waals surface area contributed by atoms with Gasteiger partial charge in [-0.2, -0.15) is 4.31 Å². The molecule has 0 radical (unpaired) electrons. The van der Waals surface area contributed by atoms with Crippen LogP contribution in [-0.4, -0.2) is 45.8 Å². The number of hydrogen-bond acceptors (Lipinski definition) is 5. The summed E-state index contributed by atoms with van der Waals surface area (Å²) in [6, 6.07) is 7.88. The summed E-state index contributed by atoms with van der Waals surface area (Å²) in [5.41, 5.74) is 0.508. The Morgan fingerprint density at radius 1 is 1.14 bits per heavy atom. The number of rotatable bonds is 6. The first-order chi connectivity index (χ1) is 13.2. The van der Waals surface area contributed by atoms with Gasteiger partial charge in [0.25, 0.3) is 0 Å². The van der Waals surface area contributed by atoms with Gasteiger partial charge in [0.05, 0.1) is 4.90 Å². The van der Waals surface area contributed by atoms with Gasteiger partial charge < -0.3 is 0 Å². The molecule has 1 saturated heterocycles. The number of hydrogen-bond donors (Lipinski definition) is 1. The monoisotopic (exact) mass is 443 g/mol. The Morgan fingerprint density at radius 2 is 1.86 bits per heavy atom. The first-order valence-corrected chi connectivity index (χ1v) is 12.2. The SMILES string of the molecule is Cc1c(Cl)cccc1S(=O)(=O)NCC1CCN(S(=O)(=O)c2cccnc2)CC1. The molecule has 0 aliphatic carbocycles. The van der Waals surface area contributed by atoms with Gasteiger partial charge in [0, 0.05) is 37.1 Å². The van der Waals surface area contributed by atoms with Crippen molar-refractivity contribution in [1.82, 2.24) is 14.0 Å². The molecule has 0 atom stereocenters. The van der Waals surface area contributed by atoms with Gasteiger partial charge in [-0.3, -0.25) is 4.98 Å². The lowest BCUT2D eigenvalue weighted by Crippen LogP contribution is -2.41. The maximum atomic E-state index is 12.6. The molecule has 2 heterocycles. The zero-order valence-corrected chi connectivity index (χ0v) is 17.8. The van der Waals surface area contributed by atoms with E-state index in [1.54, 1.807) is 25.1 Å². The topological polar surface area (TPSA) is 96.4 Å². The van der Waals surface area contributed by atoms with Gasteiger partial charge in [-0.25, -0.2) is 21.6 Å². The van der Waals surface area contributed by atoms with Gasteiger partial charge in [-0.1, -0.05) is 17.7 Å². The van der Waals surface area contributed by atoms with Crippen molar-refractivity contribution in [2.45, 2.75) is 29.6 Å². The van der Waals surface area contributed by atoms with E-state index in [9.17, 15) is 16.8 Å². The minimum atomic E-state index is -3.67. The van der Waals surface area contributed by atoms with Gasteiger partial charge in [-0.15, -0.1) is 0 Å². The van der Waals surface area contributed by atoms with E-state index < -0.39 is 20.0 Å². The minimum Gasteiger partial charge on any atom is -0.263 e. The third-order valence-electron chi connectivity index (χ3n) is 4.92. The standard InChI is InChI=1S/C18H22ClN3O4S2/c1-14-17(19)5-2-6-18(14)27(23,24)21-12-15-7-10-22(11-8-15)28(25,26)16-4-3-9-20-13-16/h2-6,9,13,15,21H,7-8,10-12H2,1H3. The van der Waals surface area contributed by atoms with Gasteiger partial charge in [0.1, 0.15) is 4.90 Å². The molecule has 0 spiro atoms. The molecule has 0 saturated carbocycles. The third-order valence-corrected chi connectivity index (χ3v) is 8.77. The van der Waals surface area contributed by atoms with E-state index in [-0.39, 0.29) is 22.3 Å². The number of halogens is 1. The predicted octanol–water partition coefficient (Wildman–Crippen LogP) is 2.42. The molecule has 1 fully saturated rings. The molecule has 7 nitrogen and oxygen atoms in total. The van der Waals surface area contributed by atoms with Crippen molar-refractivity contribution in [2.24, 2.45) is 5.92 Å². The second-order valence-electron chi connectivity index (χ2n) is 6.75. The largest absolute Gasteiger partial charge is 0.263 e. The average molecular weight is 444 g/mol. The number of nitrogens with zero attached hydrogens (tertiary/aromatic N) is 2. The van der Waals surface area contributed by atoms with Crippen LogP contribution in [0.1, 0.15) is 18.4 Å². The highest BCUT2D eigenvalue weighted by atomic mass is 35.5. The van der Waals surface area contributed by atoms with E-state index in [2.05, 4.69) is 9.71 Å². The highest BCUT2D eigenvalue weighted by Crippen LogP contribution is 2.25. The molecule has 1 aromatic carbocycles. The van der Waals surface area contributed by atoms with Crippen molar-refractivity contribution in [3.8, 4) is 0 Å². The van der Waals surface area contributed by atoms with Crippen LogP contribution in [0.2, 0.25) is 5.02 Å². The van der Waals surface area contributed by atoms with Crippen LogP contribution in [0.4, 0.5) is 0 Å². The summed E-state index contributed by atoms with van der Waals surface area (Å²) in [5.74, 6) is 0.0645. The fourth-order valence-electron chi connectivity index (χ4n) is 3.19. The van der Waals surface area contributed by atoms with Crippen molar-refractivity contribution in [3.63, 3.8) is 0 Å². The highest BCUT2D eigenvalue weighted by molar-refractivity contribution is 7.89. The fourth-order valence-corrected chi connectivity index (χ4v) is 6.23. The number of piperidine rings is 1. The summed E-state index contributed by atoms with van der Waals surface area (Å²) in [6.45, 7) is 2.62. The number of nitrogens with one attached hydrogen (secondary N) is 1. The molecule has 0 unspecified atom stereocenters. The molecule has 152 valence electrons. The zero-order valence-electron chi connectivity index (χ0n) is 15.4. The Morgan fingerprint density at radius 3 is 2.50 bits per heavy atom. The molecule has 28 heavy (non-hydrogen) atoms. The van der Waals surface area contributed by atoms with Crippen LogP contribution < -0.4 is 4.72 Å². The number of aromatic nitrogens is 1. The molecule has 3 rings (SSSR count). The van der Waals surface area contributed by atoms with E-state index in [0.717, 1.165) is 0 Å². The molecule has 0 bridgehead atoms. The van der Waals surface area contributed by atoms with Crippen molar-refractivity contribution >= 4 is 31.6 Å². The highest BCUT2D eigenvalue weighted by Gasteiger charge is 2.30. The molecule has 1 aromatic heterocycles. The van der Waals surface area contributed by atoms with Gasteiger partial charge >= 0.3 is 0 Å². The number of pyridine rings is 1. The molecule has 0 amide bonds. The summed E-state index contributed by atoms with van der Waals surface area (Å²) < 4.78 is 54.5. The Hall–Kier alpha value is -1.52. The smallest absolute Gasteiger partial charge is 0.244 e. The first kappa shape index (κ1) is 21.2. The van der Waals surface area contributed by atoms with Crippen molar-refractivity contribution in [1.29, 1.82) is 0 Å². The van der Waals surface area contributed by atoms with Crippen LogP contribution in [0, 0.1) is 12.8 Å². The van der Waals surface area contributed by atoms with Gasteiger partial charge in [0.15, 0.2) is 0 Å². The van der Waals surface area contributed by atoms with E-state index in [4.69, 9.17) is 11.6 Å². The lowest BCUT2D eigenvalue weighted by Gasteiger charge is -2.31. The first-order valence-electron chi connectivity index (χ1n) is 8.87. The number of benzene rings is 1. The Bertz CT molecular complexity index is 1040. The van der Waals surface area contributed by atoms with Crippen LogP contribution in [0.15, 0.2) is 52.5 Å². The maximum Gasteiger partial charge on any atom is 0.244 e. The second-order valence-corrected chi connectivity index (χ2v) is 10.8. The van der Waals surface area contributed by atoms with Crippen LogP contribution >= 0.6 is 11.6 Å². The summed E-state index contributed by atoms with van der Waals surface area (Å²) >= 11 is 6.02. The van der Waals surface area contributed by atoms with Crippen LogP contribution in [0.5, 0.6) is 0 Å². The summed E-state index contributed by atoms with van der Waals surface area (Å²) in [4.78, 5) is 4.20. The minimum absolute atomic E-state index is 0.0645. The normalized spacial score (nSPS) is 16.9. The van der Waals surface area contributed by atoms with Crippen molar-refractivity contribution in [2.75, 3.05) is 19.6 Å². The van der Waals surface area contributed by atoms with E-state index in [1.807, 2.05) is 0 Å². The molecule has 2 aromatic rings. The molecule has 1 aliphatic heterocycles. The van der Waals surface area contributed by atoms with Crippen molar-refractivity contribution < 1.29 is 16.8 Å².